The number of hydrogen-bond acceptors (Lipinski definition) is 4. The quantitative estimate of drug-likeness (QED) is 0.345. The average Bonchev–Trinajstić information content (AvgIpc) is 2.49. The van der Waals surface area contributed by atoms with Gasteiger partial charge in [-0.15, -0.1) is 18.2 Å². The highest BCUT2D eigenvalue weighted by molar-refractivity contribution is 7.99. The molecule has 0 saturated carbocycles. The van der Waals surface area contributed by atoms with Gasteiger partial charge in [-0.3, -0.25) is 9.59 Å². The van der Waals surface area contributed by atoms with E-state index in [1.165, 1.54) is 0 Å². The Labute approximate surface area is 133 Å². The summed E-state index contributed by atoms with van der Waals surface area (Å²) >= 11 is 7.43. The van der Waals surface area contributed by atoms with Crippen molar-refractivity contribution in [2.45, 2.75) is 17.7 Å². The van der Waals surface area contributed by atoms with Crippen LogP contribution in [0, 0.1) is 12.3 Å². The normalized spacial score (nSPS) is 9.71. The maximum Gasteiger partial charge on any atom is 0.306 e. The highest BCUT2D eigenvalue weighted by atomic mass is 35.5. The second-order valence-corrected chi connectivity index (χ2v) is 5.65. The van der Waals surface area contributed by atoms with Crippen LogP contribution in [0.5, 0.6) is 0 Å². The molecule has 0 bridgehead atoms. The first-order valence-corrected chi connectivity index (χ1v) is 7.72. The van der Waals surface area contributed by atoms with E-state index >= 15 is 0 Å². The molecular weight excluding hydrogens is 310 g/mol. The first-order chi connectivity index (χ1) is 10.1. The summed E-state index contributed by atoms with van der Waals surface area (Å²) in [5, 5.41) is 3.11. The van der Waals surface area contributed by atoms with Gasteiger partial charge in [0.25, 0.3) is 5.91 Å². The van der Waals surface area contributed by atoms with E-state index in [0.29, 0.717) is 11.4 Å². The van der Waals surface area contributed by atoms with Crippen LogP contribution < -0.4 is 5.32 Å². The van der Waals surface area contributed by atoms with Crippen molar-refractivity contribution in [3.8, 4) is 12.3 Å². The lowest BCUT2D eigenvalue weighted by molar-refractivity contribution is -0.148. The van der Waals surface area contributed by atoms with Crippen LogP contribution in [0.2, 0.25) is 5.02 Å². The first kappa shape index (κ1) is 17.4. The van der Waals surface area contributed by atoms with E-state index in [9.17, 15) is 9.59 Å². The summed E-state index contributed by atoms with van der Waals surface area (Å²) < 4.78 is 4.82. The average molecular weight is 326 g/mol. The van der Waals surface area contributed by atoms with Crippen molar-refractivity contribution >= 4 is 35.2 Å². The Morgan fingerprint density at radius 3 is 2.71 bits per heavy atom. The third kappa shape index (κ3) is 8.28. The molecule has 112 valence electrons. The van der Waals surface area contributed by atoms with Crippen molar-refractivity contribution < 1.29 is 14.3 Å². The predicted octanol–water partition coefficient (Wildman–Crippen LogP) is 2.50. The fraction of sp³-hybridized carbons (Fsp3) is 0.333. The Balaban J connectivity index is 2.09. The zero-order valence-corrected chi connectivity index (χ0v) is 13.0. The van der Waals surface area contributed by atoms with Crippen molar-refractivity contribution in [1.29, 1.82) is 0 Å². The smallest absolute Gasteiger partial charge is 0.306 e. The largest absolute Gasteiger partial charge is 0.456 e. The van der Waals surface area contributed by atoms with E-state index < -0.39 is 5.91 Å². The van der Waals surface area contributed by atoms with Gasteiger partial charge in [0, 0.05) is 16.3 Å². The predicted molar refractivity (Wildman–Crippen MR) is 84.2 cm³/mol. The van der Waals surface area contributed by atoms with E-state index in [4.69, 9.17) is 22.8 Å². The van der Waals surface area contributed by atoms with Gasteiger partial charge < -0.3 is 10.1 Å². The third-order valence-corrected chi connectivity index (χ3v) is 3.71. The number of carbonyl (C=O) groups is 2. The summed E-state index contributed by atoms with van der Waals surface area (Å²) in [6.07, 6.45) is 5.95. The molecule has 0 aromatic heterocycles. The summed E-state index contributed by atoms with van der Waals surface area (Å²) in [5.74, 6) is 2.28. The molecule has 0 heterocycles. The third-order valence-electron chi connectivity index (χ3n) is 2.36. The molecule has 0 aliphatic heterocycles. The topological polar surface area (TPSA) is 55.4 Å². The van der Waals surface area contributed by atoms with E-state index in [0.717, 1.165) is 10.6 Å². The second kappa shape index (κ2) is 10.1. The molecule has 1 aromatic rings. The van der Waals surface area contributed by atoms with Gasteiger partial charge in [-0.25, -0.2) is 0 Å². The van der Waals surface area contributed by atoms with Crippen LogP contribution >= 0.6 is 23.4 Å². The number of nitrogens with one attached hydrogen (secondary N) is 1. The highest BCUT2D eigenvalue weighted by Gasteiger charge is 2.06. The van der Waals surface area contributed by atoms with Gasteiger partial charge in [-0.1, -0.05) is 17.5 Å². The number of esters is 1. The number of hydrogen-bond donors (Lipinski definition) is 1. The van der Waals surface area contributed by atoms with Crippen molar-refractivity contribution in [2.24, 2.45) is 0 Å². The molecule has 21 heavy (non-hydrogen) atoms. The maximum atomic E-state index is 11.4. The lowest BCUT2D eigenvalue weighted by atomic mass is 10.3. The van der Waals surface area contributed by atoms with Crippen molar-refractivity contribution in [3.05, 3.63) is 29.3 Å². The van der Waals surface area contributed by atoms with E-state index in [1.54, 1.807) is 11.8 Å². The summed E-state index contributed by atoms with van der Waals surface area (Å²) in [7, 11) is 0. The fourth-order valence-corrected chi connectivity index (χ4v) is 2.34. The molecule has 0 unspecified atom stereocenters. The van der Waals surface area contributed by atoms with Gasteiger partial charge >= 0.3 is 5.97 Å². The Morgan fingerprint density at radius 1 is 1.33 bits per heavy atom. The van der Waals surface area contributed by atoms with Crippen LogP contribution in [0.25, 0.3) is 0 Å². The number of rotatable bonds is 8. The monoisotopic (exact) mass is 325 g/mol. The van der Waals surface area contributed by atoms with E-state index in [1.807, 2.05) is 24.3 Å². The number of halogens is 1. The van der Waals surface area contributed by atoms with Crippen molar-refractivity contribution in [3.63, 3.8) is 0 Å². The molecule has 6 heteroatoms. The minimum absolute atomic E-state index is 0.133. The Morgan fingerprint density at radius 2 is 2.05 bits per heavy atom. The van der Waals surface area contributed by atoms with Crippen LogP contribution in [-0.4, -0.2) is 30.8 Å². The molecular formula is C15H16ClNO3S. The molecule has 0 spiro atoms. The number of amides is 1. The molecule has 0 saturated heterocycles. The molecule has 0 aliphatic rings. The summed E-state index contributed by atoms with van der Waals surface area (Å²) in [4.78, 5) is 23.7. The SMILES string of the molecule is C#CCNC(=O)COC(=O)CCCSc1ccc(Cl)cc1. The second-order valence-electron chi connectivity index (χ2n) is 4.05. The first-order valence-electron chi connectivity index (χ1n) is 6.36. The van der Waals surface area contributed by atoms with Crippen LogP contribution in [0.3, 0.4) is 0 Å². The zero-order valence-electron chi connectivity index (χ0n) is 11.4. The maximum absolute atomic E-state index is 11.4. The molecule has 0 radical (unpaired) electrons. The molecule has 0 fully saturated rings. The van der Waals surface area contributed by atoms with Crippen molar-refractivity contribution in [2.75, 3.05) is 18.9 Å². The highest BCUT2D eigenvalue weighted by Crippen LogP contribution is 2.21. The Kier molecular flexibility index (Phi) is 8.41. The summed E-state index contributed by atoms with van der Waals surface area (Å²) in [6, 6.07) is 7.52. The zero-order chi connectivity index (χ0) is 15.5. The van der Waals surface area contributed by atoms with Gasteiger partial charge in [0.05, 0.1) is 6.54 Å². The Hall–Kier alpha value is -1.64. The van der Waals surface area contributed by atoms with Crippen LogP contribution in [0.15, 0.2) is 29.2 Å². The van der Waals surface area contributed by atoms with Crippen molar-refractivity contribution in [1.82, 2.24) is 5.32 Å². The minimum atomic E-state index is -0.392. The minimum Gasteiger partial charge on any atom is -0.456 e. The molecule has 1 rings (SSSR count). The van der Waals surface area contributed by atoms with Gasteiger partial charge in [-0.05, 0) is 36.4 Å². The molecule has 4 nitrogen and oxygen atoms in total. The van der Waals surface area contributed by atoms with E-state index in [2.05, 4.69) is 11.2 Å². The van der Waals surface area contributed by atoms with Crippen LogP contribution in [-0.2, 0) is 14.3 Å². The number of terminal acetylenes is 1. The van der Waals surface area contributed by atoms with E-state index in [-0.39, 0.29) is 25.5 Å². The van der Waals surface area contributed by atoms with Gasteiger partial charge in [0.1, 0.15) is 0 Å². The summed E-state index contributed by atoms with van der Waals surface area (Å²) in [6.45, 7) is -0.154. The lowest BCUT2D eigenvalue weighted by Gasteiger charge is -2.05. The van der Waals surface area contributed by atoms with Gasteiger partial charge in [0.15, 0.2) is 6.61 Å². The molecule has 1 N–H and O–H groups in total. The number of ether oxygens (including phenoxy) is 1. The van der Waals surface area contributed by atoms with Crippen LogP contribution in [0.4, 0.5) is 0 Å². The van der Waals surface area contributed by atoms with Crippen LogP contribution in [0.1, 0.15) is 12.8 Å². The molecule has 0 aliphatic carbocycles. The Bertz CT molecular complexity index is 511. The standard InChI is InChI=1S/C15H16ClNO3S/c1-2-9-17-14(18)11-20-15(19)4-3-10-21-13-7-5-12(16)6-8-13/h1,5-8H,3-4,9-11H2,(H,17,18). The van der Waals surface area contributed by atoms with Gasteiger partial charge in [0.2, 0.25) is 0 Å². The lowest BCUT2D eigenvalue weighted by Crippen LogP contribution is -2.28. The molecule has 0 atom stereocenters. The summed E-state index contributed by atoms with van der Waals surface area (Å²) in [5.41, 5.74) is 0. The number of thioether (sulfide) groups is 1. The van der Waals surface area contributed by atoms with Gasteiger partial charge in [-0.2, -0.15) is 0 Å². The molecule has 1 aromatic carbocycles. The number of benzene rings is 1. The number of carbonyl (C=O) groups excluding carboxylic acids is 2. The molecule has 1 amide bonds. The fourth-order valence-electron chi connectivity index (χ4n) is 1.36.